The summed E-state index contributed by atoms with van der Waals surface area (Å²) < 4.78 is 1.78. The minimum absolute atomic E-state index is 0.00547. The Morgan fingerprint density at radius 2 is 2.28 bits per heavy atom. The Morgan fingerprint density at radius 3 is 2.94 bits per heavy atom. The second kappa shape index (κ2) is 4.29. The molecule has 1 aromatic carbocycles. The molecule has 1 aliphatic rings. The maximum atomic E-state index is 12.0. The monoisotopic (exact) mass is 241 g/mol. The molecule has 1 saturated carbocycles. The molecule has 92 valence electrons. The second-order valence-electron chi connectivity index (χ2n) is 4.70. The van der Waals surface area contributed by atoms with Crippen LogP contribution in [0.1, 0.15) is 28.8 Å². The van der Waals surface area contributed by atoms with Crippen LogP contribution in [-0.4, -0.2) is 21.7 Å². The highest BCUT2D eigenvalue weighted by Crippen LogP contribution is 2.20. The van der Waals surface area contributed by atoms with Crippen LogP contribution in [0.4, 0.5) is 0 Å². The van der Waals surface area contributed by atoms with Gasteiger partial charge in [0.25, 0.3) is 5.91 Å². The third-order valence-corrected chi connectivity index (χ3v) is 3.14. The fourth-order valence-corrected chi connectivity index (χ4v) is 1.91. The van der Waals surface area contributed by atoms with Crippen molar-refractivity contribution >= 4 is 5.91 Å². The van der Waals surface area contributed by atoms with Gasteiger partial charge < -0.3 is 5.32 Å². The van der Waals surface area contributed by atoms with E-state index in [1.807, 2.05) is 37.4 Å². The molecule has 1 aliphatic carbocycles. The topological polar surface area (TPSA) is 46.9 Å². The molecule has 18 heavy (non-hydrogen) atoms. The molecule has 4 nitrogen and oxygen atoms in total. The van der Waals surface area contributed by atoms with E-state index in [-0.39, 0.29) is 5.91 Å². The molecular formula is C14H15N3O. The predicted molar refractivity (Wildman–Crippen MR) is 68.8 cm³/mol. The van der Waals surface area contributed by atoms with Crippen molar-refractivity contribution in [2.24, 2.45) is 0 Å². The highest BCUT2D eigenvalue weighted by Gasteiger charge is 2.24. The fraction of sp³-hybridized carbons (Fsp3) is 0.286. The zero-order chi connectivity index (χ0) is 12.5. The van der Waals surface area contributed by atoms with E-state index in [0.717, 1.165) is 24.1 Å². The number of rotatable bonds is 3. The van der Waals surface area contributed by atoms with Crippen LogP contribution in [0.3, 0.4) is 0 Å². The largest absolute Gasteiger partial charge is 0.349 e. The Labute approximate surface area is 106 Å². The molecule has 2 aromatic rings. The Hall–Kier alpha value is -2.10. The maximum absolute atomic E-state index is 12.0. The Balaban J connectivity index is 1.92. The van der Waals surface area contributed by atoms with Crippen LogP contribution in [-0.2, 0) is 0 Å². The summed E-state index contributed by atoms with van der Waals surface area (Å²) in [4.78, 5) is 12.0. The summed E-state index contributed by atoms with van der Waals surface area (Å²) in [7, 11) is 0. The molecule has 3 rings (SSSR count). The van der Waals surface area contributed by atoms with Gasteiger partial charge in [0, 0.05) is 24.0 Å². The Morgan fingerprint density at radius 1 is 1.44 bits per heavy atom. The van der Waals surface area contributed by atoms with Crippen molar-refractivity contribution in [3.63, 3.8) is 0 Å². The summed E-state index contributed by atoms with van der Waals surface area (Å²) in [5.41, 5.74) is 2.74. The SMILES string of the molecule is Cc1ccc(C(=O)NC2CC2)cc1-n1cccn1. The minimum atomic E-state index is 0.00547. The lowest BCUT2D eigenvalue weighted by atomic mass is 10.1. The van der Waals surface area contributed by atoms with Gasteiger partial charge in [-0.1, -0.05) is 6.07 Å². The van der Waals surface area contributed by atoms with E-state index in [2.05, 4.69) is 10.4 Å². The molecule has 0 saturated heterocycles. The van der Waals surface area contributed by atoms with Crippen LogP contribution in [0.25, 0.3) is 5.69 Å². The number of hydrogen-bond donors (Lipinski definition) is 1. The van der Waals surface area contributed by atoms with E-state index >= 15 is 0 Å². The maximum Gasteiger partial charge on any atom is 0.251 e. The van der Waals surface area contributed by atoms with E-state index in [4.69, 9.17) is 0 Å². The van der Waals surface area contributed by atoms with Crippen LogP contribution in [0, 0.1) is 6.92 Å². The summed E-state index contributed by atoms with van der Waals surface area (Å²) in [5, 5.41) is 7.20. The highest BCUT2D eigenvalue weighted by atomic mass is 16.1. The average Bonchev–Trinajstić information content (AvgIpc) is 3.01. The molecule has 1 N–H and O–H groups in total. The van der Waals surface area contributed by atoms with Gasteiger partial charge in [0.1, 0.15) is 0 Å². The number of nitrogens with zero attached hydrogens (tertiary/aromatic N) is 2. The van der Waals surface area contributed by atoms with E-state index in [9.17, 15) is 4.79 Å². The minimum Gasteiger partial charge on any atom is -0.349 e. The van der Waals surface area contributed by atoms with Crippen LogP contribution in [0.5, 0.6) is 0 Å². The van der Waals surface area contributed by atoms with Gasteiger partial charge in [0.2, 0.25) is 0 Å². The third kappa shape index (κ3) is 2.14. The van der Waals surface area contributed by atoms with Gasteiger partial charge in [-0.3, -0.25) is 4.79 Å². The molecule has 0 spiro atoms. The van der Waals surface area contributed by atoms with Gasteiger partial charge in [-0.25, -0.2) is 4.68 Å². The Kier molecular flexibility index (Phi) is 2.63. The predicted octanol–water partition coefficient (Wildman–Crippen LogP) is 2.07. The number of nitrogens with one attached hydrogen (secondary N) is 1. The van der Waals surface area contributed by atoms with Crippen LogP contribution in [0.15, 0.2) is 36.7 Å². The van der Waals surface area contributed by atoms with Gasteiger partial charge in [-0.2, -0.15) is 5.10 Å². The number of amides is 1. The van der Waals surface area contributed by atoms with Crippen molar-refractivity contribution < 1.29 is 4.79 Å². The summed E-state index contributed by atoms with van der Waals surface area (Å²) in [6.45, 7) is 2.01. The molecule has 0 bridgehead atoms. The number of benzene rings is 1. The van der Waals surface area contributed by atoms with E-state index < -0.39 is 0 Å². The summed E-state index contributed by atoms with van der Waals surface area (Å²) in [6, 6.07) is 7.96. The number of carbonyl (C=O) groups excluding carboxylic acids is 1. The number of aryl methyl sites for hydroxylation is 1. The number of hydrogen-bond acceptors (Lipinski definition) is 2. The van der Waals surface area contributed by atoms with Crippen molar-refractivity contribution in [2.45, 2.75) is 25.8 Å². The van der Waals surface area contributed by atoms with Gasteiger partial charge in [-0.15, -0.1) is 0 Å². The molecule has 0 aliphatic heterocycles. The molecule has 0 atom stereocenters. The quantitative estimate of drug-likeness (QED) is 0.894. The van der Waals surface area contributed by atoms with E-state index in [0.29, 0.717) is 11.6 Å². The first-order valence-corrected chi connectivity index (χ1v) is 6.15. The first kappa shape index (κ1) is 11.0. The third-order valence-electron chi connectivity index (χ3n) is 3.14. The Bertz CT molecular complexity index is 571. The van der Waals surface area contributed by atoms with Crippen LogP contribution in [0.2, 0.25) is 0 Å². The second-order valence-corrected chi connectivity index (χ2v) is 4.70. The van der Waals surface area contributed by atoms with Gasteiger partial charge in [0.15, 0.2) is 0 Å². The van der Waals surface area contributed by atoms with Crippen LogP contribution < -0.4 is 5.32 Å². The van der Waals surface area contributed by atoms with Gasteiger partial charge >= 0.3 is 0 Å². The molecule has 1 heterocycles. The van der Waals surface area contributed by atoms with Crippen molar-refractivity contribution in [1.82, 2.24) is 15.1 Å². The zero-order valence-electron chi connectivity index (χ0n) is 10.3. The van der Waals surface area contributed by atoms with Crippen molar-refractivity contribution in [2.75, 3.05) is 0 Å². The molecular weight excluding hydrogens is 226 g/mol. The van der Waals surface area contributed by atoms with Gasteiger partial charge in [-0.05, 0) is 43.5 Å². The number of aromatic nitrogens is 2. The molecule has 4 heteroatoms. The van der Waals surface area contributed by atoms with Crippen LogP contribution >= 0.6 is 0 Å². The van der Waals surface area contributed by atoms with Crippen molar-refractivity contribution in [3.05, 3.63) is 47.8 Å². The van der Waals surface area contributed by atoms with Crippen molar-refractivity contribution in [1.29, 1.82) is 0 Å². The first-order chi connectivity index (χ1) is 8.74. The first-order valence-electron chi connectivity index (χ1n) is 6.15. The smallest absolute Gasteiger partial charge is 0.251 e. The van der Waals surface area contributed by atoms with Gasteiger partial charge in [0.05, 0.1) is 5.69 Å². The zero-order valence-corrected chi connectivity index (χ0v) is 10.3. The molecule has 1 aromatic heterocycles. The number of carbonyl (C=O) groups is 1. The normalized spacial score (nSPS) is 14.5. The van der Waals surface area contributed by atoms with E-state index in [1.165, 1.54) is 0 Å². The fourth-order valence-electron chi connectivity index (χ4n) is 1.91. The molecule has 1 fully saturated rings. The van der Waals surface area contributed by atoms with E-state index in [1.54, 1.807) is 10.9 Å². The summed E-state index contributed by atoms with van der Waals surface area (Å²) in [6.07, 6.45) is 5.81. The molecule has 0 unspecified atom stereocenters. The summed E-state index contributed by atoms with van der Waals surface area (Å²) >= 11 is 0. The lowest BCUT2D eigenvalue weighted by Gasteiger charge is -2.09. The molecule has 1 amide bonds. The van der Waals surface area contributed by atoms with Crippen molar-refractivity contribution in [3.8, 4) is 5.69 Å². The average molecular weight is 241 g/mol. The highest BCUT2D eigenvalue weighted by molar-refractivity contribution is 5.95. The lowest BCUT2D eigenvalue weighted by Crippen LogP contribution is -2.25. The lowest BCUT2D eigenvalue weighted by molar-refractivity contribution is 0.0951. The summed E-state index contributed by atoms with van der Waals surface area (Å²) in [5.74, 6) is 0.00547. The standard InChI is InChI=1S/C14H15N3O/c1-10-3-4-11(14(18)16-12-5-6-12)9-13(10)17-8-2-7-15-17/h2-4,7-9,12H,5-6H2,1H3,(H,16,18). The molecule has 0 radical (unpaired) electrons.